The SMILES string of the molecule is CC1(C)CC(c2ccc(C=C(c3ccccc3)c3ccccc3)cc2)=C/C(=C(\C#N)C(=O)O)C1. The van der Waals surface area contributed by atoms with Crippen molar-refractivity contribution in [1.82, 2.24) is 0 Å². The van der Waals surface area contributed by atoms with E-state index in [9.17, 15) is 15.2 Å². The van der Waals surface area contributed by atoms with Crippen LogP contribution in [-0.4, -0.2) is 11.1 Å². The van der Waals surface area contributed by atoms with Gasteiger partial charge in [0.25, 0.3) is 0 Å². The fraction of sp³-hybridized carbons (Fsp3) is 0.161. The Morgan fingerprint density at radius 1 is 0.882 bits per heavy atom. The molecule has 0 radical (unpaired) electrons. The number of carboxylic acid groups (broad SMARTS) is 1. The molecule has 3 aromatic rings. The third-order valence-electron chi connectivity index (χ3n) is 6.10. The first-order valence-electron chi connectivity index (χ1n) is 11.4. The highest BCUT2D eigenvalue weighted by molar-refractivity contribution is 5.94. The summed E-state index contributed by atoms with van der Waals surface area (Å²) in [5.74, 6) is -1.17. The molecule has 0 bridgehead atoms. The van der Waals surface area contributed by atoms with Crippen LogP contribution in [0.4, 0.5) is 0 Å². The van der Waals surface area contributed by atoms with Crippen LogP contribution in [0.5, 0.6) is 0 Å². The molecule has 0 saturated carbocycles. The third-order valence-corrected chi connectivity index (χ3v) is 6.10. The van der Waals surface area contributed by atoms with Gasteiger partial charge in [0.05, 0.1) is 0 Å². The van der Waals surface area contributed by atoms with Crippen LogP contribution in [0.1, 0.15) is 48.9 Å². The van der Waals surface area contributed by atoms with Crippen molar-refractivity contribution in [1.29, 1.82) is 5.26 Å². The Labute approximate surface area is 201 Å². The van der Waals surface area contributed by atoms with Crippen molar-refractivity contribution in [2.24, 2.45) is 5.41 Å². The number of benzene rings is 3. The minimum Gasteiger partial charge on any atom is -0.477 e. The summed E-state index contributed by atoms with van der Waals surface area (Å²) in [6.45, 7) is 4.22. The van der Waals surface area contributed by atoms with Crippen molar-refractivity contribution in [2.75, 3.05) is 0 Å². The standard InChI is InChI=1S/C31H27NO2/c1-31(2)19-26(18-27(20-31)29(21-32)30(33)34)23-15-13-22(14-16-23)17-28(24-9-5-3-6-10-24)25-11-7-4-8-12-25/h3-18H,19-20H2,1-2H3,(H,33,34)/b29-27-. The quantitative estimate of drug-likeness (QED) is 0.253. The normalized spacial score (nSPS) is 16.1. The number of aliphatic carboxylic acids is 1. The summed E-state index contributed by atoms with van der Waals surface area (Å²) in [7, 11) is 0. The van der Waals surface area contributed by atoms with Crippen molar-refractivity contribution in [3.8, 4) is 6.07 Å². The summed E-state index contributed by atoms with van der Waals surface area (Å²) >= 11 is 0. The second-order valence-electron chi connectivity index (χ2n) is 9.42. The van der Waals surface area contributed by atoms with Crippen LogP contribution in [0, 0.1) is 16.7 Å². The fourth-order valence-corrected chi connectivity index (χ4v) is 4.54. The zero-order valence-electron chi connectivity index (χ0n) is 19.5. The van der Waals surface area contributed by atoms with E-state index in [0.717, 1.165) is 39.8 Å². The first-order chi connectivity index (χ1) is 16.4. The van der Waals surface area contributed by atoms with Gasteiger partial charge in [-0.1, -0.05) is 105 Å². The van der Waals surface area contributed by atoms with Crippen molar-refractivity contribution in [2.45, 2.75) is 26.7 Å². The van der Waals surface area contributed by atoms with Crippen molar-refractivity contribution >= 4 is 23.2 Å². The highest BCUT2D eigenvalue weighted by Crippen LogP contribution is 2.42. The summed E-state index contributed by atoms with van der Waals surface area (Å²) in [6.07, 6.45) is 5.48. The van der Waals surface area contributed by atoms with Gasteiger partial charge in [0.1, 0.15) is 11.6 Å². The molecule has 0 saturated heterocycles. The molecular formula is C31H27NO2. The minimum atomic E-state index is -1.17. The van der Waals surface area contributed by atoms with Gasteiger partial charge < -0.3 is 5.11 Å². The maximum absolute atomic E-state index is 11.5. The Morgan fingerprint density at radius 3 is 1.94 bits per heavy atom. The summed E-state index contributed by atoms with van der Waals surface area (Å²) in [4.78, 5) is 11.5. The van der Waals surface area contributed by atoms with Crippen LogP contribution in [0.2, 0.25) is 0 Å². The van der Waals surface area contributed by atoms with Crippen LogP contribution >= 0.6 is 0 Å². The molecule has 0 aliphatic heterocycles. The summed E-state index contributed by atoms with van der Waals surface area (Å²) < 4.78 is 0. The number of carbonyl (C=O) groups is 1. The Bertz CT molecular complexity index is 1280. The molecule has 1 N–H and O–H groups in total. The van der Waals surface area contributed by atoms with Crippen molar-refractivity contribution in [3.05, 3.63) is 124 Å². The smallest absolute Gasteiger partial charge is 0.346 e. The van der Waals surface area contributed by atoms with Crippen LogP contribution < -0.4 is 0 Å². The molecule has 1 aliphatic carbocycles. The number of hydrogen-bond donors (Lipinski definition) is 1. The van der Waals surface area contributed by atoms with Gasteiger partial charge in [-0.25, -0.2) is 4.79 Å². The van der Waals surface area contributed by atoms with E-state index in [0.29, 0.717) is 12.0 Å². The number of rotatable bonds is 5. The molecular weight excluding hydrogens is 418 g/mol. The predicted molar refractivity (Wildman–Crippen MR) is 138 cm³/mol. The molecule has 0 heterocycles. The fourth-order valence-electron chi connectivity index (χ4n) is 4.54. The van der Waals surface area contributed by atoms with Crippen LogP contribution in [0.3, 0.4) is 0 Å². The molecule has 34 heavy (non-hydrogen) atoms. The molecule has 3 aromatic carbocycles. The van der Waals surface area contributed by atoms with Crippen LogP contribution in [-0.2, 0) is 4.79 Å². The second kappa shape index (κ2) is 9.77. The van der Waals surface area contributed by atoms with Crippen LogP contribution in [0.15, 0.2) is 102 Å². The van der Waals surface area contributed by atoms with E-state index in [1.807, 2.05) is 48.5 Å². The highest BCUT2D eigenvalue weighted by atomic mass is 16.4. The number of carboxylic acids is 1. The second-order valence-corrected chi connectivity index (χ2v) is 9.42. The predicted octanol–water partition coefficient (Wildman–Crippen LogP) is 7.38. The first-order valence-corrected chi connectivity index (χ1v) is 11.4. The number of nitriles is 1. The number of nitrogens with zero attached hydrogens (tertiary/aromatic N) is 1. The van der Waals surface area contributed by atoms with Gasteiger partial charge in [-0.05, 0) is 63.3 Å². The van der Waals surface area contributed by atoms with Gasteiger partial charge in [-0.3, -0.25) is 0 Å². The molecule has 0 unspecified atom stereocenters. The minimum absolute atomic E-state index is 0.122. The lowest BCUT2D eigenvalue weighted by Gasteiger charge is -2.31. The van der Waals surface area contributed by atoms with Gasteiger partial charge in [0.2, 0.25) is 0 Å². The van der Waals surface area contributed by atoms with Crippen LogP contribution in [0.25, 0.3) is 17.2 Å². The molecule has 0 fully saturated rings. The lowest BCUT2D eigenvalue weighted by Crippen LogP contribution is -2.19. The van der Waals surface area contributed by atoms with Gasteiger partial charge in [0.15, 0.2) is 0 Å². The topological polar surface area (TPSA) is 61.1 Å². The average Bonchev–Trinajstić information content (AvgIpc) is 2.83. The zero-order chi connectivity index (χ0) is 24.1. The van der Waals surface area contributed by atoms with E-state index >= 15 is 0 Å². The van der Waals surface area contributed by atoms with Crippen molar-refractivity contribution < 1.29 is 9.90 Å². The highest BCUT2D eigenvalue weighted by Gasteiger charge is 2.29. The van der Waals surface area contributed by atoms with Crippen molar-refractivity contribution in [3.63, 3.8) is 0 Å². The van der Waals surface area contributed by atoms with E-state index < -0.39 is 5.97 Å². The third kappa shape index (κ3) is 5.24. The zero-order valence-corrected chi connectivity index (χ0v) is 19.5. The molecule has 168 valence electrons. The first kappa shape index (κ1) is 23.0. The molecule has 0 amide bonds. The average molecular weight is 446 g/mol. The molecule has 3 heteroatoms. The number of hydrogen-bond acceptors (Lipinski definition) is 2. The Hall–Kier alpha value is -4.16. The van der Waals surface area contributed by atoms with E-state index in [1.54, 1.807) is 0 Å². The Balaban J connectivity index is 1.72. The summed E-state index contributed by atoms with van der Waals surface area (Å²) in [6, 6.07) is 30.9. The molecule has 4 rings (SSSR count). The van der Waals surface area contributed by atoms with Gasteiger partial charge in [-0.15, -0.1) is 0 Å². The van der Waals surface area contributed by atoms with E-state index in [-0.39, 0.29) is 11.0 Å². The summed E-state index contributed by atoms with van der Waals surface area (Å²) in [5, 5.41) is 18.8. The van der Waals surface area contributed by atoms with E-state index in [2.05, 4.69) is 68.5 Å². The Kier molecular flexibility index (Phi) is 6.61. The molecule has 3 nitrogen and oxygen atoms in total. The van der Waals surface area contributed by atoms with E-state index in [1.165, 1.54) is 0 Å². The molecule has 0 spiro atoms. The molecule has 0 atom stereocenters. The summed E-state index contributed by atoms with van der Waals surface area (Å²) in [5.41, 5.74) is 6.96. The number of allylic oxidation sites excluding steroid dienone is 3. The van der Waals surface area contributed by atoms with E-state index in [4.69, 9.17) is 0 Å². The maximum Gasteiger partial charge on any atom is 0.346 e. The molecule has 1 aliphatic rings. The largest absolute Gasteiger partial charge is 0.477 e. The molecule has 0 aromatic heterocycles. The van der Waals surface area contributed by atoms with Gasteiger partial charge in [-0.2, -0.15) is 5.26 Å². The van der Waals surface area contributed by atoms with Gasteiger partial charge in [0, 0.05) is 0 Å². The monoisotopic (exact) mass is 445 g/mol. The van der Waals surface area contributed by atoms with Gasteiger partial charge >= 0.3 is 5.97 Å². The lowest BCUT2D eigenvalue weighted by molar-refractivity contribution is -0.132. The lowest BCUT2D eigenvalue weighted by atomic mass is 9.72. The maximum atomic E-state index is 11.5. The Morgan fingerprint density at radius 2 is 1.44 bits per heavy atom.